The molecule has 1 N–H and O–H groups in total. The van der Waals surface area contributed by atoms with Gasteiger partial charge in [-0.15, -0.1) is 0 Å². The third kappa shape index (κ3) is 6.77. The summed E-state index contributed by atoms with van der Waals surface area (Å²) in [5.41, 5.74) is 1.12. The van der Waals surface area contributed by atoms with Crippen molar-refractivity contribution in [1.82, 2.24) is 0 Å². The first kappa shape index (κ1) is 23.2. The number of amides is 1. The van der Waals surface area contributed by atoms with Crippen molar-refractivity contribution in [3.63, 3.8) is 0 Å². The summed E-state index contributed by atoms with van der Waals surface area (Å²) in [5.74, 6) is -0.480. The summed E-state index contributed by atoms with van der Waals surface area (Å²) in [4.78, 5) is 24.4. The molecule has 0 aliphatic heterocycles. The summed E-state index contributed by atoms with van der Waals surface area (Å²) >= 11 is 0. The first-order valence-corrected chi connectivity index (χ1v) is 11.3. The topological polar surface area (TPSA) is 102 Å². The minimum atomic E-state index is -3.70. The zero-order chi connectivity index (χ0) is 22.1. The summed E-state index contributed by atoms with van der Waals surface area (Å²) < 4.78 is 35.6. The Morgan fingerprint density at radius 1 is 1.10 bits per heavy atom. The zero-order valence-corrected chi connectivity index (χ0v) is 18.1. The molecule has 8 nitrogen and oxygen atoms in total. The van der Waals surface area contributed by atoms with Crippen LogP contribution in [0.3, 0.4) is 0 Å². The highest BCUT2D eigenvalue weighted by Crippen LogP contribution is 2.23. The number of sulfonamides is 1. The highest BCUT2D eigenvalue weighted by Gasteiger charge is 2.21. The van der Waals surface area contributed by atoms with Crippen LogP contribution in [0.1, 0.15) is 30.1 Å². The molecule has 2 aromatic carbocycles. The van der Waals surface area contributed by atoms with Gasteiger partial charge >= 0.3 is 5.97 Å². The van der Waals surface area contributed by atoms with Crippen molar-refractivity contribution >= 4 is 33.3 Å². The number of benzene rings is 2. The Kier molecular flexibility index (Phi) is 8.23. The van der Waals surface area contributed by atoms with E-state index in [1.807, 2.05) is 6.92 Å². The molecule has 30 heavy (non-hydrogen) atoms. The lowest BCUT2D eigenvalue weighted by Gasteiger charge is -2.22. The molecule has 0 unspecified atom stereocenters. The molecule has 0 atom stereocenters. The van der Waals surface area contributed by atoms with E-state index in [2.05, 4.69) is 5.32 Å². The van der Waals surface area contributed by atoms with Crippen LogP contribution in [0.15, 0.2) is 48.5 Å². The molecular weight excluding hydrogens is 408 g/mol. The van der Waals surface area contributed by atoms with E-state index in [1.54, 1.807) is 42.5 Å². The summed E-state index contributed by atoms with van der Waals surface area (Å²) in [6.45, 7) is 1.96. The van der Waals surface area contributed by atoms with Crippen molar-refractivity contribution in [2.75, 3.05) is 36.1 Å². The Bertz CT molecular complexity index is 973. The van der Waals surface area contributed by atoms with E-state index in [4.69, 9.17) is 9.47 Å². The number of carbonyl (C=O) groups excluding carboxylic acids is 2. The van der Waals surface area contributed by atoms with Crippen molar-refractivity contribution in [3.8, 4) is 5.75 Å². The first-order valence-electron chi connectivity index (χ1n) is 9.43. The standard InChI is InChI=1S/C21H26N2O6S/c1-4-5-13-29-21(25)16-9-11-17(12-10-16)22-20(24)15-23(30(3,26)27)18-7-6-8-19(14-18)28-2/h6-12,14H,4-5,13,15H2,1-3H3,(H,22,24). The smallest absolute Gasteiger partial charge is 0.338 e. The zero-order valence-electron chi connectivity index (χ0n) is 17.3. The average Bonchev–Trinajstić information content (AvgIpc) is 2.72. The van der Waals surface area contributed by atoms with Crippen LogP contribution < -0.4 is 14.4 Å². The molecule has 9 heteroatoms. The Morgan fingerprint density at radius 2 is 1.80 bits per heavy atom. The summed E-state index contributed by atoms with van der Waals surface area (Å²) in [6, 6.07) is 12.6. The van der Waals surface area contributed by atoms with Crippen LogP contribution in [-0.4, -0.2) is 46.8 Å². The molecule has 0 saturated carbocycles. The van der Waals surface area contributed by atoms with Crippen molar-refractivity contribution in [2.24, 2.45) is 0 Å². The maximum absolute atomic E-state index is 12.5. The minimum Gasteiger partial charge on any atom is -0.497 e. The Labute approximate surface area is 176 Å². The van der Waals surface area contributed by atoms with Crippen LogP contribution in [0.25, 0.3) is 0 Å². The maximum atomic E-state index is 12.5. The van der Waals surface area contributed by atoms with Gasteiger partial charge in [-0.25, -0.2) is 13.2 Å². The molecule has 162 valence electrons. The molecule has 0 heterocycles. The van der Waals surface area contributed by atoms with Crippen molar-refractivity contribution in [3.05, 3.63) is 54.1 Å². The predicted molar refractivity (Wildman–Crippen MR) is 115 cm³/mol. The van der Waals surface area contributed by atoms with E-state index in [9.17, 15) is 18.0 Å². The number of ether oxygens (including phenoxy) is 2. The fourth-order valence-electron chi connectivity index (χ4n) is 2.58. The minimum absolute atomic E-state index is 0.317. The van der Waals surface area contributed by atoms with E-state index in [0.717, 1.165) is 23.4 Å². The molecule has 0 bridgehead atoms. The van der Waals surface area contributed by atoms with Gasteiger partial charge in [0, 0.05) is 11.8 Å². The molecule has 0 aliphatic rings. The molecule has 0 aliphatic carbocycles. The number of nitrogens with zero attached hydrogens (tertiary/aromatic N) is 1. The van der Waals surface area contributed by atoms with E-state index >= 15 is 0 Å². The Morgan fingerprint density at radius 3 is 2.40 bits per heavy atom. The lowest BCUT2D eigenvalue weighted by molar-refractivity contribution is -0.114. The van der Waals surface area contributed by atoms with Crippen LogP contribution >= 0.6 is 0 Å². The van der Waals surface area contributed by atoms with E-state index < -0.39 is 28.4 Å². The molecule has 0 fully saturated rings. The van der Waals surface area contributed by atoms with Crippen molar-refractivity contribution in [1.29, 1.82) is 0 Å². The quantitative estimate of drug-likeness (QED) is 0.455. The number of nitrogens with one attached hydrogen (secondary N) is 1. The van der Waals surface area contributed by atoms with Gasteiger partial charge in [0.05, 0.1) is 31.2 Å². The van der Waals surface area contributed by atoms with Gasteiger partial charge in [0.25, 0.3) is 0 Å². The van der Waals surface area contributed by atoms with Crippen LogP contribution in [0.4, 0.5) is 11.4 Å². The van der Waals surface area contributed by atoms with Crippen molar-refractivity contribution < 1.29 is 27.5 Å². The second-order valence-corrected chi connectivity index (χ2v) is 8.49. The fourth-order valence-corrected chi connectivity index (χ4v) is 3.43. The maximum Gasteiger partial charge on any atom is 0.338 e. The average molecular weight is 435 g/mol. The van der Waals surface area contributed by atoms with E-state index in [-0.39, 0.29) is 0 Å². The summed E-state index contributed by atoms with van der Waals surface area (Å²) in [6.07, 6.45) is 2.75. The molecule has 2 rings (SSSR count). The Balaban J connectivity index is 2.06. The van der Waals surface area contributed by atoms with Gasteiger partial charge in [-0.1, -0.05) is 19.4 Å². The highest BCUT2D eigenvalue weighted by atomic mass is 32.2. The lowest BCUT2D eigenvalue weighted by atomic mass is 10.2. The van der Waals surface area contributed by atoms with E-state index in [1.165, 1.54) is 13.2 Å². The van der Waals surface area contributed by atoms with Gasteiger partial charge in [-0.2, -0.15) is 0 Å². The number of rotatable bonds is 10. The molecule has 1 amide bonds. The number of hydrogen-bond acceptors (Lipinski definition) is 6. The molecule has 0 radical (unpaired) electrons. The third-order valence-electron chi connectivity index (χ3n) is 4.16. The largest absolute Gasteiger partial charge is 0.497 e. The van der Waals surface area contributed by atoms with Gasteiger partial charge in [0.15, 0.2) is 0 Å². The molecule has 0 aromatic heterocycles. The highest BCUT2D eigenvalue weighted by molar-refractivity contribution is 7.92. The number of anilines is 2. The van der Waals surface area contributed by atoms with Gasteiger partial charge in [0.2, 0.25) is 15.9 Å². The predicted octanol–water partition coefficient (Wildman–Crippen LogP) is 3.06. The monoisotopic (exact) mass is 434 g/mol. The number of carbonyl (C=O) groups is 2. The second-order valence-electron chi connectivity index (χ2n) is 6.59. The van der Waals surface area contributed by atoms with Gasteiger partial charge < -0.3 is 14.8 Å². The number of esters is 1. The number of methoxy groups -OCH3 is 1. The lowest BCUT2D eigenvalue weighted by Crippen LogP contribution is -2.37. The second kappa shape index (κ2) is 10.6. The number of hydrogen-bond donors (Lipinski definition) is 1. The first-order chi connectivity index (χ1) is 14.2. The molecular formula is C21H26N2O6S. The SMILES string of the molecule is CCCCOC(=O)c1ccc(NC(=O)CN(c2cccc(OC)c2)S(C)(=O)=O)cc1. The summed E-state index contributed by atoms with van der Waals surface area (Å²) in [7, 11) is -2.23. The van der Waals surface area contributed by atoms with Crippen molar-refractivity contribution in [2.45, 2.75) is 19.8 Å². The fraction of sp³-hybridized carbons (Fsp3) is 0.333. The van der Waals surface area contributed by atoms with Crippen LogP contribution in [0.5, 0.6) is 5.75 Å². The van der Waals surface area contributed by atoms with E-state index in [0.29, 0.717) is 29.3 Å². The third-order valence-corrected chi connectivity index (χ3v) is 5.30. The molecule has 0 spiro atoms. The van der Waals surface area contributed by atoms with Gasteiger partial charge in [0.1, 0.15) is 12.3 Å². The normalized spacial score (nSPS) is 10.9. The molecule has 2 aromatic rings. The molecule has 0 saturated heterocycles. The van der Waals surface area contributed by atoms with Crippen LogP contribution in [0, 0.1) is 0 Å². The van der Waals surface area contributed by atoms with Crippen LogP contribution in [-0.2, 0) is 19.6 Å². The van der Waals surface area contributed by atoms with Gasteiger partial charge in [-0.05, 0) is 42.8 Å². The summed E-state index contributed by atoms with van der Waals surface area (Å²) in [5, 5.41) is 2.63. The Hall–Kier alpha value is -3.07. The van der Waals surface area contributed by atoms with Gasteiger partial charge in [-0.3, -0.25) is 9.10 Å². The van der Waals surface area contributed by atoms with Crippen LogP contribution in [0.2, 0.25) is 0 Å². The number of unbranched alkanes of at least 4 members (excludes halogenated alkanes) is 1.